The molecule has 0 heterocycles. The Morgan fingerprint density at radius 1 is 0.875 bits per heavy atom. The molecule has 11 atom stereocenters. The SMILES string of the molecule is C=C(C)C1CC[C@]2(CO)CC[C@]3(C)C(CCC4[C@@]5(C)CC[C@H](C)[C@@](C)(CO[Si](C)(C)C(C)(C)C)C5CC[C@]43C)C12. The van der Waals surface area contributed by atoms with Gasteiger partial charge < -0.3 is 9.53 Å². The molecule has 0 aliphatic heterocycles. The minimum absolute atomic E-state index is 0.151. The molecular formula is C37H66O2Si. The van der Waals surface area contributed by atoms with E-state index in [0.717, 1.165) is 30.3 Å². The lowest BCUT2D eigenvalue weighted by Gasteiger charge is -2.73. The second-order valence-corrected chi connectivity index (χ2v) is 23.5. The molecule has 5 fully saturated rings. The summed E-state index contributed by atoms with van der Waals surface area (Å²) in [4.78, 5) is 0. The van der Waals surface area contributed by atoms with Crippen molar-refractivity contribution in [1.29, 1.82) is 0 Å². The normalized spacial score (nSPS) is 50.9. The third kappa shape index (κ3) is 4.12. The van der Waals surface area contributed by atoms with Gasteiger partial charge in [-0.15, -0.1) is 0 Å². The third-order valence-corrected chi connectivity index (χ3v) is 20.9. The van der Waals surface area contributed by atoms with Crippen molar-refractivity contribution in [3.63, 3.8) is 0 Å². The van der Waals surface area contributed by atoms with Crippen LogP contribution < -0.4 is 0 Å². The molecule has 0 amide bonds. The summed E-state index contributed by atoms with van der Waals surface area (Å²) >= 11 is 0. The number of hydrogen-bond donors (Lipinski definition) is 1. The summed E-state index contributed by atoms with van der Waals surface area (Å²) in [6.07, 6.45) is 13.2. The van der Waals surface area contributed by atoms with E-state index in [0.29, 0.717) is 34.7 Å². The molecule has 0 bridgehead atoms. The molecule has 0 radical (unpaired) electrons. The number of rotatable bonds is 5. The molecule has 3 heteroatoms. The van der Waals surface area contributed by atoms with Crippen molar-refractivity contribution in [2.24, 2.45) is 62.6 Å². The molecule has 0 aromatic rings. The highest BCUT2D eigenvalue weighted by Crippen LogP contribution is 2.77. The smallest absolute Gasteiger partial charge is 0.192 e. The molecule has 0 aromatic heterocycles. The number of aliphatic hydroxyl groups excluding tert-OH is 1. The minimum atomic E-state index is -1.80. The number of aliphatic hydroxyl groups is 1. The van der Waals surface area contributed by atoms with Crippen LogP contribution in [0.15, 0.2) is 12.2 Å². The van der Waals surface area contributed by atoms with Crippen molar-refractivity contribution in [2.75, 3.05) is 13.2 Å². The molecule has 5 aliphatic carbocycles. The first kappa shape index (κ1) is 31.3. The highest BCUT2D eigenvalue weighted by molar-refractivity contribution is 6.74. The van der Waals surface area contributed by atoms with E-state index in [1.807, 2.05) is 0 Å². The molecule has 40 heavy (non-hydrogen) atoms. The molecular weight excluding hydrogens is 504 g/mol. The molecule has 5 unspecified atom stereocenters. The van der Waals surface area contributed by atoms with Crippen LogP contribution in [0.4, 0.5) is 0 Å². The van der Waals surface area contributed by atoms with Crippen LogP contribution in [-0.4, -0.2) is 26.6 Å². The number of fused-ring (bicyclic) bond motifs is 7. The molecule has 5 aliphatic rings. The maximum absolute atomic E-state index is 10.8. The average Bonchev–Trinajstić information content (AvgIpc) is 3.26. The van der Waals surface area contributed by atoms with E-state index in [9.17, 15) is 5.11 Å². The second kappa shape index (κ2) is 9.69. The minimum Gasteiger partial charge on any atom is -0.416 e. The van der Waals surface area contributed by atoms with Crippen LogP contribution >= 0.6 is 0 Å². The van der Waals surface area contributed by atoms with Gasteiger partial charge in [0.2, 0.25) is 0 Å². The average molecular weight is 571 g/mol. The second-order valence-electron chi connectivity index (χ2n) is 18.7. The maximum atomic E-state index is 10.8. The van der Waals surface area contributed by atoms with Gasteiger partial charge in [-0.25, -0.2) is 0 Å². The Morgan fingerprint density at radius 3 is 2.15 bits per heavy atom. The van der Waals surface area contributed by atoms with Gasteiger partial charge in [0.1, 0.15) is 0 Å². The van der Waals surface area contributed by atoms with Crippen LogP contribution in [0.1, 0.15) is 127 Å². The van der Waals surface area contributed by atoms with Gasteiger partial charge in [-0.3, -0.25) is 0 Å². The van der Waals surface area contributed by atoms with Crippen LogP contribution in [0.2, 0.25) is 18.1 Å². The summed E-state index contributed by atoms with van der Waals surface area (Å²) in [5, 5.41) is 11.1. The zero-order valence-electron chi connectivity index (χ0n) is 28.5. The summed E-state index contributed by atoms with van der Waals surface area (Å²) in [6.45, 7) is 33.6. The molecule has 0 aromatic carbocycles. The van der Waals surface area contributed by atoms with Gasteiger partial charge in [-0.2, -0.15) is 0 Å². The molecule has 5 saturated carbocycles. The van der Waals surface area contributed by atoms with Crippen molar-refractivity contribution in [1.82, 2.24) is 0 Å². The predicted octanol–water partition coefficient (Wildman–Crippen LogP) is 10.3. The van der Waals surface area contributed by atoms with Crippen LogP contribution in [0.3, 0.4) is 0 Å². The zero-order valence-corrected chi connectivity index (χ0v) is 29.5. The van der Waals surface area contributed by atoms with E-state index >= 15 is 0 Å². The largest absolute Gasteiger partial charge is 0.416 e. The number of hydrogen-bond acceptors (Lipinski definition) is 2. The molecule has 0 spiro atoms. The maximum Gasteiger partial charge on any atom is 0.192 e. The van der Waals surface area contributed by atoms with Gasteiger partial charge in [0, 0.05) is 13.2 Å². The summed E-state index contributed by atoms with van der Waals surface area (Å²) in [6, 6.07) is 0. The van der Waals surface area contributed by atoms with Crippen molar-refractivity contribution in [3.05, 3.63) is 12.2 Å². The highest BCUT2D eigenvalue weighted by atomic mass is 28.4. The van der Waals surface area contributed by atoms with Crippen molar-refractivity contribution < 1.29 is 9.53 Å². The van der Waals surface area contributed by atoms with E-state index in [-0.39, 0.29) is 15.9 Å². The van der Waals surface area contributed by atoms with Crippen LogP contribution in [0.25, 0.3) is 0 Å². The zero-order chi connectivity index (χ0) is 29.7. The fourth-order valence-corrected chi connectivity index (χ4v) is 13.5. The highest BCUT2D eigenvalue weighted by Gasteiger charge is 2.71. The van der Waals surface area contributed by atoms with E-state index in [4.69, 9.17) is 4.43 Å². The lowest BCUT2D eigenvalue weighted by Crippen LogP contribution is -2.67. The van der Waals surface area contributed by atoms with Gasteiger partial charge in [-0.05, 0) is 152 Å². The fourth-order valence-electron chi connectivity index (χ4n) is 12.4. The molecule has 230 valence electrons. The summed E-state index contributed by atoms with van der Waals surface area (Å²) in [7, 11) is -1.80. The summed E-state index contributed by atoms with van der Waals surface area (Å²) < 4.78 is 7.08. The van der Waals surface area contributed by atoms with Crippen LogP contribution in [0, 0.1) is 62.6 Å². The van der Waals surface area contributed by atoms with E-state index < -0.39 is 8.32 Å². The summed E-state index contributed by atoms with van der Waals surface area (Å²) in [5.74, 6) is 4.24. The molecule has 2 nitrogen and oxygen atoms in total. The van der Waals surface area contributed by atoms with E-state index in [1.54, 1.807) is 0 Å². The number of allylic oxidation sites excluding steroid dienone is 1. The van der Waals surface area contributed by atoms with Gasteiger partial charge in [0.25, 0.3) is 0 Å². The van der Waals surface area contributed by atoms with Gasteiger partial charge in [0.15, 0.2) is 8.32 Å². The molecule has 0 saturated heterocycles. The lowest BCUT2D eigenvalue weighted by atomic mass is 9.32. The van der Waals surface area contributed by atoms with Crippen molar-refractivity contribution in [3.8, 4) is 0 Å². The van der Waals surface area contributed by atoms with E-state index in [1.165, 1.54) is 69.8 Å². The third-order valence-electron chi connectivity index (χ3n) is 16.4. The first-order valence-electron chi connectivity index (χ1n) is 17.2. The van der Waals surface area contributed by atoms with Gasteiger partial charge in [-0.1, -0.05) is 67.5 Å². The Morgan fingerprint density at radius 2 is 1.55 bits per heavy atom. The van der Waals surface area contributed by atoms with Crippen molar-refractivity contribution >= 4 is 8.32 Å². The topological polar surface area (TPSA) is 29.5 Å². The first-order valence-corrected chi connectivity index (χ1v) is 20.1. The fraction of sp³-hybridized carbons (Fsp3) is 0.946. The first-order chi connectivity index (χ1) is 18.3. The molecule has 5 rings (SSSR count). The van der Waals surface area contributed by atoms with Gasteiger partial charge >= 0.3 is 0 Å². The Labute approximate surface area is 250 Å². The van der Waals surface area contributed by atoms with Crippen LogP contribution in [0.5, 0.6) is 0 Å². The lowest BCUT2D eigenvalue weighted by molar-refractivity contribution is -0.248. The predicted molar refractivity (Wildman–Crippen MR) is 173 cm³/mol. The Bertz CT molecular complexity index is 997. The van der Waals surface area contributed by atoms with E-state index in [2.05, 4.69) is 82.0 Å². The standard InChI is InChI=1S/C37H66O2Si/c1-25(2)27-16-20-37(23-38)22-21-35(9)28(31(27)37)13-14-30-33(7)18-15-26(3)34(8,29(33)17-19-36(30,35)10)24-39-40(11,12)32(4,5)6/h26-31,38H,1,13-24H2,2-12H3/t26-,27?,28?,29?,30?,31?,33-,34+,35+,36+,37+/m0/s1. The Hall–Kier alpha value is -0.123. The van der Waals surface area contributed by atoms with Crippen LogP contribution in [-0.2, 0) is 4.43 Å². The van der Waals surface area contributed by atoms with Crippen molar-refractivity contribution in [2.45, 2.75) is 145 Å². The van der Waals surface area contributed by atoms with Gasteiger partial charge in [0.05, 0.1) is 0 Å². The summed E-state index contributed by atoms with van der Waals surface area (Å²) in [5.41, 5.74) is 2.93. The Kier molecular flexibility index (Phi) is 7.58. The quantitative estimate of drug-likeness (QED) is 0.263. The monoisotopic (exact) mass is 570 g/mol. The molecule has 1 N–H and O–H groups in total. The Balaban J connectivity index is 1.48.